The molecular weight excluding hydrogens is 249 g/mol. The van der Waals surface area contributed by atoms with Crippen molar-refractivity contribution in [2.75, 3.05) is 12.3 Å². The van der Waals surface area contributed by atoms with Crippen molar-refractivity contribution >= 4 is 7.37 Å². The minimum atomic E-state index is -4.98. The van der Waals surface area contributed by atoms with Crippen LogP contribution in [0.5, 0.6) is 0 Å². The zero-order chi connectivity index (χ0) is 12.3. The maximum Gasteiger partial charge on any atom is 0.399 e. The molecule has 0 heterocycles. The van der Waals surface area contributed by atoms with Crippen LogP contribution in [0.15, 0.2) is 12.8 Å². The number of rotatable bonds is 4. The molecule has 0 rings (SSSR count). The normalized spacial score (nSPS) is 13.7. The van der Waals surface area contributed by atoms with Crippen LogP contribution in [0.4, 0.5) is 26.3 Å². The number of alkyl halides is 6. The Morgan fingerprint density at radius 3 is 1.60 bits per heavy atom. The van der Waals surface area contributed by atoms with Gasteiger partial charge in [-0.05, 0) is 0 Å². The zero-order valence-corrected chi connectivity index (χ0v) is 8.12. The molecule has 0 radical (unpaired) electrons. The number of hydrogen-bond acceptors (Lipinski definition) is 2. The van der Waals surface area contributed by atoms with Crippen molar-refractivity contribution < 1.29 is 35.4 Å². The van der Waals surface area contributed by atoms with Crippen LogP contribution in [0.2, 0.25) is 0 Å². The molecule has 0 saturated carbocycles. The molecule has 0 aromatic rings. The van der Waals surface area contributed by atoms with Crippen LogP contribution < -0.4 is 0 Å². The smallest absolute Gasteiger partial charge is 0.399 e. The quantitative estimate of drug-likeness (QED) is 0.436. The van der Waals surface area contributed by atoms with E-state index in [2.05, 4.69) is 11.1 Å². The first-order valence-corrected chi connectivity index (χ1v) is 5.48. The molecule has 0 fully saturated rings. The van der Waals surface area contributed by atoms with Crippen LogP contribution in [0.25, 0.3) is 0 Å². The summed E-state index contributed by atoms with van der Waals surface area (Å²) in [6.07, 6.45) is -13.9. The van der Waals surface area contributed by atoms with E-state index in [0.717, 1.165) is 0 Å². The van der Waals surface area contributed by atoms with Crippen molar-refractivity contribution in [1.82, 2.24) is 0 Å². The van der Waals surface area contributed by atoms with Crippen LogP contribution in [0.1, 0.15) is 0 Å². The van der Waals surface area contributed by atoms with E-state index in [-0.39, 0.29) is 0 Å². The lowest BCUT2D eigenvalue weighted by atomic mass is 10.8. The van der Waals surface area contributed by atoms with Gasteiger partial charge in [-0.25, -0.2) is 0 Å². The van der Waals surface area contributed by atoms with Gasteiger partial charge in [0.2, 0.25) is 0 Å². The topological polar surface area (TPSA) is 26.3 Å². The summed E-state index contributed by atoms with van der Waals surface area (Å²) in [5.41, 5.74) is 0. The molecule has 0 spiro atoms. The van der Waals surface area contributed by atoms with Crippen LogP contribution >= 0.6 is 7.37 Å². The molecule has 0 aliphatic rings. The van der Waals surface area contributed by atoms with Gasteiger partial charge in [0, 0.05) is 0 Å². The molecule has 90 valence electrons. The summed E-state index contributed by atoms with van der Waals surface area (Å²) in [5.74, 6) is 0. The molecule has 0 aromatic heterocycles. The molecule has 0 atom stereocenters. The van der Waals surface area contributed by atoms with Crippen LogP contribution in [0, 0.1) is 0 Å². The Morgan fingerprint density at radius 1 is 1.07 bits per heavy atom. The van der Waals surface area contributed by atoms with Crippen molar-refractivity contribution in [2.45, 2.75) is 12.4 Å². The molecule has 0 amide bonds. The summed E-state index contributed by atoms with van der Waals surface area (Å²) >= 11 is 0. The SMILES string of the molecule is C=COP(=O)(CC(F)(F)F)CC(F)(F)F. The van der Waals surface area contributed by atoms with E-state index < -0.39 is 32.0 Å². The minimum absolute atomic E-state index is 0.318. The predicted molar refractivity (Wildman–Crippen MR) is 40.7 cm³/mol. The molecule has 0 saturated heterocycles. The third-order valence-electron chi connectivity index (χ3n) is 1.11. The fraction of sp³-hybridized carbons (Fsp3) is 0.667. The van der Waals surface area contributed by atoms with E-state index in [1.807, 2.05) is 0 Å². The Labute approximate surface area is 81.4 Å². The zero-order valence-electron chi connectivity index (χ0n) is 7.23. The van der Waals surface area contributed by atoms with E-state index in [4.69, 9.17) is 0 Å². The second-order valence-electron chi connectivity index (χ2n) is 2.63. The van der Waals surface area contributed by atoms with Gasteiger partial charge in [0.25, 0.3) is 7.37 Å². The fourth-order valence-electron chi connectivity index (χ4n) is 0.813. The van der Waals surface area contributed by atoms with E-state index in [1.54, 1.807) is 0 Å². The summed E-state index contributed by atoms with van der Waals surface area (Å²) in [5, 5.41) is 0. The first kappa shape index (κ1) is 14.3. The summed E-state index contributed by atoms with van der Waals surface area (Å²) in [6.45, 7) is 2.78. The number of hydrogen-bond donors (Lipinski definition) is 0. The highest BCUT2D eigenvalue weighted by atomic mass is 31.2. The first-order chi connectivity index (χ1) is 6.47. The highest BCUT2D eigenvalue weighted by molar-refractivity contribution is 7.59. The predicted octanol–water partition coefficient (Wildman–Crippen LogP) is 3.55. The second kappa shape index (κ2) is 4.47. The number of halogens is 6. The summed E-state index contributed by atoms with van der Waals surface area (Å²) < 4.78 is 85.7. The molecule has 0 aliphatic carbocycles. The van der Waals surface area contributed by atoms with Crippen LogP contribution in [-0.4, -0.2) is 24.7 Å². The highest BCUT2D eigenvalue weighted by Crippen LogP contribution is 2.54. The van der Waals surface area contributed by atoms with Crippen LogP contribution in [0.3, 0.4) is 0 Å². The lowest BCUT2D eigenvalue weighted by Crippen LogP contribution is -2.22. The van der Waals surface area contributed by atoms with Gasteiger partial charge in [-0.1, -0.05) is 6.58 Å². The minimum Gasteiger partial charge on any atom is -0.451 e. The summed E-state index contributed by atoms with van der Waals surface area (Å²) in [6, 6.07) is 0. The van der Waals surface area contributed by atoms with Crippen LogP contribution in [-0.2, 0) is 9.09 Å². The van der Waals surface area contributed by atoms with Gasteiger partial charge in [-0.3, -0.25) is 4.57 Å². The lowest BCUT2D eigenvalue weighted by molar-refractivity contribution is -0.114. The average Bonchev–Trinajstić information content (AvgIpc) is 1.74. The first-order valence-electron chi connectivity index (χ1n) is 3.48. The highest BCUT2D eigenvalue weighted by Gasteiger charge is 2.47. The molecule has 0 bridgehead atoms. The summed E-state index contributed by atoms with van der Waals surface area (Å²) in [7, 11) is -4.83. The lowest BCUT2D eigenvalue weighted by Gasteiger charge is -2.19. The third kappa shape index (κ3) is 7.30. The van der Waals surface area contributed by atoms with Crippen molar-refractivity contribution in [2.24, 2.45) is 0 Å². The Hall–Kier alpha value is -0.650. The Morgan fingerprint density at radius 2 is 1.40 bits per heavy atom. The average molecular weight is 256 g/mol. The van der Waals surface area contributed by atoms with Gasteiger partial charge in [0.1, 0.15) is 12.3 Å². The van der Waals surface area contributed by atoms with Gasteiger partial charge in [-0.15, -0.1) is 0 Å². The third-order valence-corrected chi connectivity index (χ3v) is 3.32. The van der Waals surface area contributed by atoms with E-state index in [1.165, 1.54) is 0 Å². The largest absolute Gasteiger partial charge is 0.451 e. The molecule has 15 heavy (non-hydrogen) atoms. The van der Waals surface area contributed by atoms with Crippen molar-refractivity contribution in [3.63, 3.8) is 0 Å². The molecule has 0 aromatic carbocycles. The van der Waals surface area contributed by atoms with Gasteiger partial charge >= 0.3 is 12.4 Å². The van der Waals surface area contributed by atoms with Gasteiger partial charge in [-0.2, -0.15) is 26.3 Å². The summed E-state index contributed by atoms with van der Waals surface area (Å²) in [4.78, 5) is 0. The maximum atomic E-state index is 11.8. The molecule has 0 N–H and O–H groups in total. The van der Waals surface area contributed by atoms with E-state index in [0.29, 0.717) is 6.26 Å². The second-order valence-corrected chi connectivity index (χ2v) is 5.11. The Bertz CT molecular complexity index is 248. The monoisotopic (exact) mass is 256 g/mol. The Kier molecular flexibility index (Phi) is 4.27. The van der Waals surface area contributed by atoms with Crippen molar-refractivity contribution in [3.8, 4) is 0 Å². The standard InChI is InChI=1S/C6H7F6O2P/c1-2-14-15(13,3-5(7,8)9)4-6(10,11)12/h2H,1,3-4H2. The van der Waals surface area contributed by atoms with Gasteiger partial charge in [0.15, 0.2) is 0 Å². The Balaban J connectivity index is 4.75. The van der Waals surface area contributed by atoms with E-state index >= 15 is 0 Å². The van der Waals surface area contributed by atoms with E-state index in [9.17, 15) is 30.9 Å². The molecule has 9 heteroatoms. The van der Waals surface area contributed by atoms with Crippen molar-refractivity contribution in [3.05, 3.63) is 12.8 Å². The van der Waals surface area contributed by atoms with Gasteiger partial charge in [0.05, 0.1) is 6.26 Å². The molecular formula is C6H7F6O2P. The molecule has 0 unspecified atom stereocenters. The molecule has 2 nitrogen and oxygen atoms in total. The van der Waals surface area contributed by atoms with Crippen molar-refractivity contribution in [1.29, 1.82) is 0 Å². The van der Waals surface area contributed by atoms with Gasteiger partial charge < -0.3 is 4.52 Å². The maximum absolute atomic E-state index is 11.8. The fourth-order valence-corrected chi connectivity index (χ4v) is 2.44. The molecule has 0 aliphatic heterocycles.